The lowest BCUT2D eigenvalue weighted by molar-refractivity contribution is -0.290. The number of hydrogen-bond acceptors (Lipinski definition) is 1. The van der Waals surface area contributed by atoms with Crippen LogP contribution in [0.1, 0.15) is 5.56 Å². The van der Waals surface area contributed by atoms with Gasteiger partial charge >= 0.3 is 18.3 Å². The molecule has 0 fully saturated rings. The summed E-state index contributed by atoms with van der Waals surface area (Å²) in [5, 5.41) is 0. The summed E-state index contributed by atoms with van der Waals surface area (Å²) in [4.78, 5) is 0. The van der Waals surface area contributed by atoms with E-state index in [-0.39, 0.29) is 4.47 Å². The van der Waals surface area contributed by atoms with Gasteiger partial charge in [0.1, 0.15) is 5.75 Å². The van der Waals surface area contributed by atoms with Gasteiger partial charge in [0.25, 0.3) is 0 Å². The van der Waals surface area contributed by atoms with Crippen molar-refractivity contribution in [2.75, 3.05) is 6.61 Å². The van der Waals surface area contributed by atoms with Crippen LogP contribution in [0.2, 0.25) is 0 Å². The molecule has 1 rings (SSSR count). The number of alkyl halides is 8. The van der Waals surface area contributed by atoms with Gasteiger partial charge in [-0.25, -0.2) is 0 Å². The molecule has 1 nitrogen and oxygen atoms in total. The molecule has 114 valence electrons. The Balaban J connectivity index is 2.92. The first-order valence-electron chi connectivity index (χ1n) is 4.78. The normalized spacial score (nSPS) is 13.4. The Kier molecular flexibility index (Phi) is 4.57. The smallest absolute Gasteiger partial charge is 0.456 e. The predicted molar refractivity (Wildman–Crippen MR) is 55.6 cm³/mol. The van der Waals surface area contributed by atoms with E-state index in [0.29, 0.717) is 12.1 Å². The molecular weight excluding hydrogens is 368 g/mol. The second-order valence-corrected chi connectivity index (χ2v) is 4.58. The van der Waals surface area contributed by atoms with Gasteiger partial charge in [-0.05, 0) is 18.2 Å². The number of hydrogen-bond donors (Lipinski definition) is 0. The van der Waals surface area contributed by atoms with Crippen molar-refractivity contribution in [1.29, 1.82) is 0 Å². The monoisotopic (exact) mass is 372 g/mol. The van der Waals surface area contributed by atoms with Crippen molar-refractivity contribution in [3.63, 3.8) is 0 Å². The van der Waals surface area contributed by atoms with Crippen LogP contribution < -0.4 is 4.74 Å². The minimum atomic E-state index is -5.84. The summed E-state index contributed by atoms with van der Waals surface area (Å²) in [7, 11) is 0. The number of benzene rings is 1. The van der Waals surface area contributed by atoms with E-state index in [1.54, 1.807) is 0 Å². The molecule has 1 aromatic rings. The molecule has 0 atom stereocenters. The molecule has 0 aliphatic heterocycles. The molecule has 0 bridgehead atoms. The summed E-state index contributed by atoms with van der Waals surface area (Å²) in [5.41, 5.74) is -1.24. The van der Waals surface area contributed by atoms with E-state index in [1.807, 2.05) is 0 Å². The van der Waals surface area contributed by atoms with E-state index in [4.69, 9.17) is 0 Å². The van der Waals surface area contributed by atoms with Gasteiger partial charge in [-0.2, -0.15) is 35.1 Å². The van der Waals surface area contributed by atoms with Crippen molar-refractivity contribution < 1.29 is 39.9 Å². The summed E-state index contributed by atoms with van der Waals surface area (Å²) < 4.78 is 102. The Labute approximate surface area is 115 Å². The van der Waals surface area contributed by atoms with E-state index >= 15 is 0 Å². The Hall–Kier alpha value is -1.06. The molecule has 0 saturated heterocycles. The van der Waals surface area contributed by atoms with Crippen LogP contribution in [0.3, 0.4) is 0 Å². The molecule has 0 spiro atoms. The first kappa shape index (κ1) is 17.0. The fourth-order valence-corrected chi connectivity index (χ4v) is 1.54. The van der Waals surface area contributed by atoms with Crippen molar-refractivity contribution in [3.05, 3.63) is 28.2 Å². The van der Waals surface area contributed by atoms with Gasteiger partial charge < -0.3 is 4.74 Å². The van der Waals surface area contributed by atoms with Crippen LogP contribution in [0.5, 0.6) is 5.75 Å². The molecule has 0 aliphatic rings. The van der Waals surface area contributed by atoms with Crippen LogP contribution in [-0.4, -0.2) is 18.7 Å². The van der Waals surface area contributed by atoms with E-state index in [9.17, 15) is 35.1 Å². The topological polar surface area (TPSA) is 9.23 Å². The van der Waals surface area contributed by atoms with Crippen LogP contribution in [-0.2, 0) is 6.18 Å². The van der Waals surface area contributed by atoms with Crippen molar-refractivity contribution in [2.45, 2.75) is 18.3 Å². The largest absolute Gasteiger partial charge is 0.487 e. The second kappa shape index (κ2) is 5.38. The van der Waals surface area contributed by atoms with E-state index < -0.39 is 36.2 Å². The third kappa shape index (κ3) is 4.22. The van der Waals surface area contributed by atoms with Gasteiger partial charge in [-0.3, -0.25) is 0 Å². The van der Waals surface area contributed by atoms with Crippen molar-refractivity contribution in [2.24, 2.45) is 0 Å². The fourth-order valence-electron chi connectivity index (χ4n) is 1.07. The lowest BCUT2D eigenvalue weighted by Crippen LogP contribution is -2.41. The molecule has 0 N–H and O–H groups in total. The summed E-state index contributed by atoms with van der Waals surface area (Å²) in [5.74, 6) is -5.91. The van der Waals surface area contributed by atoms with Gasteiger partial charge in [0, 0.05) is 4.47 Å². The Morgan fingerprint density at radius 2 is 1.45 bits per heavy atom. The SMILES string of the molecule is FC(F)(F)c1cc(Br)cc(OCC(F)(F)C(F)(F)F)c1. The maximum absolute atomic E-state index is 12.6. The molecule has 0 amide bonds. The first-order chi connectivity index (χ1) is 8.83. The van der Waals surface area contributed by atoms with Crippen LogP contribution >= 0.6 is 15.9 Å². The van der Waals surface area contributed by atoms with E-state index in [1.165, 1.54) is 0 Å². The minimum absolute atomic E-state index is 0.169. The van der Waals surface area contributed by atoms with Crippen LogP contribution in [0.25, 0.3) is 0 Å². The quantitative estimate of drug-likeness (QED) is 0.675. The third-order valence-corrected chi connectivity index (χ3v) is 2.49. The molecule has 0 aliphatic carbocycles. The first-order valence-corrected chi connectivity index (χ1v) is 5.57. The van der Waals surface area contributed by atoms with Gasteiger partial charge in [0.05, 0.1) is 5.56 Å². The van der Waals surface area contributed by atoms with Crippen LogP contribution in [0.4, 0.5) is 35.1 Å². The molecule has 1 aromatic carbocycles. The summed E-state index contributed by atoms with van der Waals surface area (Å²) in [6, 6.07) is 1.81. The maximum atomic E-state index is 12.6. The average Bonchev–Trinajstić information content (AvgIpc) is 2.23. The number of rotatable bonds is 3. The highest BCUT2D eigenvalue weighted by Gasteiger charge is 2.58. The fraction of sp³-hybridized carbons (Fsp3) is 0.400. The summed E-state index contributed by atoms with van der Waals surface area (Å²) in [6.45, 7) is -2.11. The molecular formula is C10H5BrF8O. The second-order valence-electron chi connectivity index (χ2n) is 3.66. The van der Waals surface area contributed by atoms with E-state index in [0.717, 1.165) is 6.07 Å². The molecule has 0 saturated carbocycles. The van der Waals surface area contributed by atoms with Gasteiger partial charge in [-0.15, -0.1) is 0 Å². The highest BCUT2D eigenvalue weighted by atomic mass is 79.9. The zero-order valence-electron chi connectivity index (χ0n) is 9.25. The van der Waals surface area contributed by atoms with Gasteiger partial charge in [0.15, 0.2) is 6.61 Å². The third-order valence-electron chi connectivity index (χ3n) is 2.03. The zero-order valence-corrected chi connectivity index (χ0v) is 10.8. The van der Waals surface area contributed by atoms with Crippen molar-refractivity contribution >= 4 is 15.9 Å². The highest BCUT2D eigenvalue weighted by molar-refractivity contribution is 9.10. The molecule has 0 heterocycles. The Bertz CT molecular complexity index is 479. The van der Waals surface area contributed by atoms with Gasteiger partial charge in [0.2, 0.25) is 0 Å². The average molecular weight is 373 g/mol. The Morgan fingerprint density at radius 3 is 1.90 bits per heavy atom. The van der Waals surface area contributed by atoms with E-state index in [2.05, 4.69) is 20.7 Å². The van der Waals surface area contributed by atoms with Crippen molar-refractivity contribution in [3.8, 4) is 5.75 Å². The van der Waals surface area contributed by atoms with Crippen LogP contribution in [0, 0.1) is 0 Å². The number of ether oxygens (including phenoxy) is 1. The standard InChI is InChI=1S/C10H5BrF8O/c11-6-1-5(9(14,15)16)2-7(3-6)20-4-8(12,13)10(17,18)19/h1-3H,4H2. The lowest BCUT2D eigenvalue weighted by atomic mass is 10.2. The molecule has 20 heavy (non-hydrogen) atoms. The van der Waals surface area contributed by atoms with Gasteiger partial charge in [-0.1, -0.05) is 15.9 Å². The molecule has 0 aromatic heterocycles. The highest BCUT2D eigenvalue weighted by Crippen LogP contribution is 2.37. The summed E-state index contributed by atoms with van der Waals surface area (Å²) >= 11 is 2.68. The van der Waals surface area contributed by atoms with Crippen molar-refractivity contribution in [1.82, 2.24) is 0 Å². The maximum Gasteiger partial charge on any atom is 0.456 e. The molecule has 0 unspecified atom stereocenters. The van der Waals surface area contributed by atoms with Crippen LogP contribution in [0.15, 0.2) is 22.7 Å². The molecule has 0 radical (unpaired) electrons. The lowest BCUT2D eigenvalue weighted by Gasteiger charge is -2.20. The number of halogens is 9. The Morgan fingerprint density at radius 1 is 0.900 bits per heavy atom. The summed E-state index contributed by atoms with van der Waals surface area (Å²) in [6.07, 6.45) is -10.6. The minimum Gasteiger partial charge on any atom is -0.487 e. The molecule has 10 heteroatoms. The predicted octanol–water partition coefficient (Wildman–Crippen LogP) is 5.04. The zero-order chi connectivity index (χ0) is 15.8.